The number of halogens is 2. The molecule has 0 aliphatic rings. The summed E-state index contributed by atoms with van der Waals surface area (Å²) in [5.41, 5.74) is 1.88. The second kappa shape index (κ2) is 6.10. The van der Waals surface area contributed by atoms with Crippen LogP contribution in [0.1, 0.15) is 17.3 Å². The Hall–Kier alpha value is -2.49. The van der Waals surface area contributed by atoms with E-state index in [1.165, 1.54) is 0 Å². The van der Waals surface area contributed by atoms with Gasteiger partial charge in [-0.15, -0.1) is 0 Å². The standard InChI is InChI=1S/C20H12Cl2N2O/c1-11(25)18-14-8-4-2-6-12(14)13-7-3-5-9-15(13)19(18)16-10-17(21)24-20(22)23-16/h2-10H,1H3. The van der Waals surface area contributed by atoms with Crippen molar-refractivity contribution in [1.29, 1.82) is 0 Å². The smallest absolute Gasteiger partial charge is 0.224 e. The van der Waals surface area contributed by atoms with Crippen molar-refractivity contribution in [2.75, 3.05) is 0 Å². The van der Waals surface area contributed by atoms with Crippen LogP contribution in [0.15, 0.2) is 54.6 Å². The van der Waals surface area contributed by atoms with E-state index in [0.29, 0.717) is 11.3 Å². The average Bonchev–Trinajstić information content (AvgIpc) is 2.59. The summed E-state index contributed by atoms with van der Waals surface area (Å²) in [4.78, 5) is 20.8. The van der Waals surface area contributed by atoms with Crippen LogP contribution >= 0.6 is 23.2 Å². The van der Waals surface area contributed by atoms with Crippen molar-refractivity contribution in [3.05, 3.63) is 70.6 Å². The van der Waals surface area contributed by atoms with Crippen molar-refractivity contribution >= 4 is 50.5 Å². The monoisotopic (exact) mass is 366 g/mol. The molecular weight excluding hydrogens is 355 g/mol. The number of Topliss-reactive ketones (excluding diaryl/α,β-unsaturated/α-hetero) is 1. The Morgan fingerprint density at radius 3 is 2.00 bits per heavy atom. The van der Waals surface area contributed by atoms with Gasteiger partial charge in [0, 0.05) is 17.2 Å². The molecule has 122 valence electrons. The molecule has 0 saturated heterocycles. The largest absolute Gasteiger partial charge is 0.294 e. The molecule has 4 rings (SSSR count). The molecule has 5 heteroatoms. The van der Waals surface area contributed by atoms with Gasteiger partial charge >= 0.3 is 0 Å². The predicted molar refractivity (Wildman–Crippen MR) is 103 cm³/mol. The van der Waals surface area contributed by atoms with E-state index < -0.39 is 0 Å². The van der Waals surface area contributed by atoms with Gasteiger partial charge in [0.1, 0.15) is 5.15 Å². The number of carbonyl (C=O) groups excluding carboxylic acids is 1. The molecule has 0 radical (unpaired) electrons. The van der Waals surface area contributed by atoms with Crippen molar-refractivity contribution in [1.82, 2.24) is 9.97 Å². The highest BCUT2D eigenvalue weighted by Gasteiger charge is 2.20. The van der Waals surface area contributed by atoms with Gasteiger partial charge in [-0.25, -0.2) is 9.97 Å². The van der Waals surface area contributed by atoms with Gasteiger partial charge in [0.15, 0.2) is 5.78 Å². The molecule has 25 heavy (non-hydrogen) atoms. The topological polar surface area (TPSA) is 42.9 Å². The summed E-state index contributed by atoms with van der Waals surface area (Å²) in [5.74, 6) is -0.0391. The highest BCUT2D eigenvalue weighted by Crippen LogP contribution is 2.39. The third-order valence-corrected chi connectivity index (χ3v) is 4.57. The lowest BCUT2D eigenvalue weighted by molar-refractivity contribution is 0.102. The first-order valence-electron chi connectivity index (χ1n) is 7.71. The summed E-state index contributed by atoms with van der Waals surface area (Å²) in [7, 11) is 0. The molecule has 0 fully saturated rings. The van der Waals surface area contributed by atoms with E-state index in [1.54, 1.807) is 13.0 Å². The van der Waals surface area contributed by atoms with Crippen LogP contribution in [0.4, 0.5) is 0 Å². The molecule has 0 N–H and O–H groups in total. The molecule has 0 bridgehead atoms. The summed E-state index contributed by atoms with van der Waals surface area (Å²) in [5, 5.41) is 4.17. The number of carbonyl (C=O) groups is 1. The fourth-order valence-corrected chi connectivity index (χ4v) is 3.70. The lowest BCUT2D eigenvalue weighted by Gasteiger charge is -2.15. The number of fused-ring (bicyclic) bond motifs is 3. The summed E-state index contributed by atoms with van der Waals surface area (Å²) in [6.07, 6.45) is 0. The zero-order valence-electron chi connectivity index (χ0n) is 13.3. The van der Waals surface area contributed by atoms with Crippen LogP contribution in [0.3, 0.4) is 0 Å². The molecule has 0 unspecified atom stereocenters. The Balaban J connectivity index is 2.28. The third-order valence-electron chi connectivity index (χ3n) is 4.21. The molecule has 3 aromatic carbocycles. The van der Waals surface area contributed by atoms with Crippen molar-refractivity contribution in [2.45, 2.75) is 6.92 Å². The zero-order chi connectivity index (χ0) is 17.6. The van der Waals surface area contributed by atoms with E-state index in [4.69, 9.17) is 23.2 Å². The second-order valence-corrected chi connectivity index (χ2v) is 6.47. The van der Waals surface area contributed by atoms with Crippen molar-refractivity contribution < 1.29 is 4.79 Å². The van der Waals surface area contributed by atoms with Gasteiger partial charge in [0.2, 0.25) is 5.28 Å². The SMILES string of the molecule is CC(=O)c1c(-c2cc(Cl)nc(Cl)n2)c2ccccc2c2ccccc12. The number of ketones is 1. The van der Waals surface area contributed by atoms with Gasteiger partial charge in [-0.2, -0.15) is 0 Å². The fourth-order valence-electron chi connectivity index (χ4n) is 3.29. The molecule has 0 amide bonds. The first kappa shape index (κ1) is 16.0. The highest BCUT2D eigenvalue weighted by molar-refractivity contribution is 6.32. The van der Waals surface area contributed by atoms with Crippen LogP contribution in [0.5, 0.6) is 0 Å². The normalized spacial score (nSPS) is 11.2. The molecule has 1 aromatic heterocycles. The fraction of sp³-hybridized carbons (Fsp3) is 0.0500. The Morgan fingerprint density at radius 1 is 0.840 bits per heavy atom. The minimum absolute atomic E-state index is 0.0391. The van der Waals surface area contributed by atoms with Crippen molar-refractivity contribution in [3.63, 3.8) is 0 Å². The van der Waals surface area contributed by atoms with Gasteiger partial charge in [0.25, 0.3) is 0 Å². The Bertz CT molecular complexity index is 1130. The number of aromatic nitrogens is 2. The van der Waals surface area contributed by atoms with Gasteiger partial charge in [-0.1, -0.05) is 60.1 Å². The first-order chi connectivity index (χ1) is 12.1. The van der Waals surface area contributed by atoms with Gasteiger partial charge in [0.05, 0.1) is 5.69 Å². The molecule has 0 aliphatic carbocycles. The molecule has 0 spiro atoms. The molecule has 3 nitrogen and oxygen atoms in total. The Morgan fingerprint density at radius 2 is 1.40 bits per heavy atom. The quantitative estimate of drug-likeness (QED) is 0.190. The van der Waals surface area contributed by atoms with Crippen molar-refractivity contribution in [3.8, 4) is 11.3 Å². The molecule has 1 heterocycles. The Labute approximate surface area is 154 Å². The predicted octanol–water partition coefficient (Wildman–Crippen LogP) is 5.96. The molecule has 0 aliphatic heterocycles. The van der Waals surface area contributed by atoms with Gasteiger partial charge in [-0.05, 0) is 40.1 Å². The number of nitrogens with zero attached hydrogens (tertiary/aromatic N) is 2. The van der Waals surface area contributed by atoms with Gasteiger partial charge in [-0.3, -0.25) is 4.79 Å². The Kier molecular flexibility index (Phi) is 3.91. The van der Waals surface area contributed by atoms with E-state index in [-0.39, 0.29) is 16.2 Å². The van der Waals surface area contributed by atoms with E-state index in [2.05, 4.69) is 9.97 Å². The van der Waals surface area contributed by atoms with Crippen LogP contribution in [0.25, 0.3) is 32.8 Å². The zero-order valence-corrected chi connectivity index (χ0v) is 14.8. The van der Waals surface area contributed by atoms with Crippen LogP contribution in [-0.4, -0.2) is 15.8 Å². The van der Waals surface area contributed by atoms with Crippen LogP contribution < -0.4 is 0 Å². The second-order valence-electron chi connectivity index (χ2n) is 5.74. The van der Waals surface area contributed by atoms with E-state index >= 15 is 0 Å². The lowest BCUT2D eigenvalue weighted by atomic mass is 9.88. The first-order valence-corrected chi connectivity index (χ1v) is 8.46. The van der Waals surface area contributed by atoms with Crippen LogP contribution in [0.2, 0.25) is 10.4 Å². The lowest BCUT2D eigenvalue weighted by Crippen LogP contribution is -2.01. The maximum Gasteiger partial charge on any atom is 0.224 e. The minimum atomic E-state index is -0.0391. The van der Waals surface area contributed by atoms with Gasteiger partial charge < -0.3 is 0 Å². The number of hydrogen-bond acceptors (Lipinski definition) is 3. The van der Waals surface area contributed by atoms with E-state index in [0.717, 1.165) is 27.1 Å². The minimum Gasteiger partial charge on any atom is -0.294 e. The number of benzene rings is 3. The number of hydrogen-bond donors (Lipinski definition) is 0. The summed E-state index contributed by atoms with van der Waals surface area (Å²) >= 11 is 12.1. The number of rotatable bonds is 2. The molecular formula is C20H12Cl2N2O. The summed E-state index contributed by atoms with van der Waals surface area (Å²) in [6, 6.07) is 17.4. The maximum atomic E-state index is 12.6. The maximum absolute atomic E-state index is 12.6. The van der Waals surface area contributed by atoms with E-state index in [9.17, 15) is 4.79 Å². The van der Waals surface area contributed by atoms with Crippen molar-refractivity contribution in [2.24, 2.45) is 0 Å². The summed E-state index contributed by atoms with van der Waals surface area (Å²) < 4.78 is 0. The molecule has 0 atom stereocenters. The third kappa shape index (κ3) is 2.66. The van der Waals surface area contributed by atoms with Crippen LogP contribution in [0, 0.1) is 0 Å². The average molecular weight is 367 g/mol. The highest BCUT2D eigenvalue weighted by atomic mass is 35.5. The van der Waals surface area contributed by atoms with Crippen LogP contribution in [-0.2, 0) is 0 Å². The van der Waals surface area contributed by atoms with E-state index in [1.807, 2.05) is 48.5 Å². The molecule has 4 aromatic rings. The molecule has 0 saturated carbocycles. The summed E-state index contributed by atoms with van der Waals surface area (Å²) in [6.45, 7) is 1.56.